The normalized spacial score (nSPS) is 20.2. The lowest BCUT2D eigenvalue weighted by molar-refractivity contribution is -0.146. The molecule has 2 heterocycles. The fraction of sp³-hybridized carbons (Fsp3) is 0.556. The van der Waals surface area contributed by atoms with Crippen molar-refractivity contribution in [1.82, 2.24) is 15.5 Å². The van der Waals surface area contributed by atoms with Gasteiger partial charge in [-0.05, 0) is 18.9 Å². The van der Waals surface area contributed by atoms with Gasteiger partial charge in [0, 0.05) is 6.54 Å². The number of fused-ring (bicyclic) bond motifs is 1. The first-order valence-corrected chi connectivity index (χ1v) is 4.75. The number of rotatable bonds is 2. The van der Waals surface area contributed by atoms with Crippen molar-refractivity contribution >= 4 is 5.97 Å². The zero-order valence-corrected chi connectivity index (χ0v) is 8.04. The summed E-state index contributed by atoms with van der Waals surface area (Å²) >= 11 is 0. The lowest BCUT2D eigenvalue weighted by Gasteiger charge is -2.21. The van der Waals surface area contributed by atoms with E-state index < -0.39 is 0 Å². The van der Waals surface area contributed by atoms with E-state index in [0.29, 0.717) is 6.61 Å². The minimum Gasteiger partial charge on any atom is -0.465 e. The third-order valence-corrected chi connectivity index (χ3v) is 2.31. The van der Waals surface area contributed by atoms with Crippen LogP contribution in [0.1, 0.15) is 24.2 Å². The molecule has 2 rings (SSSR count). The third kappa shape index (κ3) is 1.50. The van der Waals surface area contributed by atoms with Crippen molar-refractivity contribution in [3.05, 3.63) is 17.5 Å². The number of carbonyl (C=O) groups is 1. The van der Waals surface area contributed by atoms with Gasteiger partial charge in [-0.2, -0.15) is 5.10 Å². The molecule has 5 nitrogen and oxygen atoms in total. The molecule has 1 aliphatic rings. The molecule has 1 aromatic rings. The maximum atomic E-state index is 11.5. The fourth-order valence-electron chi connectivity index (χ4n) is 1.65. The van der Waals surface area contributed by atoms with Crippen molar-refractivity contribution in [2.45, 2.75) is 19.4 Å². The maximum Gasteiger partial charge on any atom is 0.329 e. The van der Waals surface area contributed by atoms with Crippen LogP contribution >= 0.6 is 0 Å². The number of esters is 1. The molecule has 0 radical (unpaired) electrons. The molecule has 1 aromatic heterocycles. The van der Waals surface area contributed by atoms with Crippen LogP contribution in [-0.4, -0.2) is 29.3 Å². The largest absolute Gasteiger partial charge is 0.465 e. The van der Waals surface area contributed by atoms with E-state index in [-0.39, 0.29) is 12.0 Å². The summed E-state index contributed by atoms with van der Waals surface area (Å²) < 4.78 is 4.96. The van der Waals surface area contributed by atoms with E-state index in [4.69, 9.17) is 4.74 Å². The summed E-state index contributed by atoms with van der Waals surface area (Å²) in [6.45, 7) is 2.99. The monoisotopic (exact) mass is 195 g/mol. The van der Waals surface area contributed by atoms with Crippen molar-refractivity contribution in [2.24, 2.45) is 0 Å². The lowest BCUT2D eigenvalue weighted by Crippen LogP contribution is -2.36. The second-order valence-corrected chi connectivity index (χ2v) is 3.20. The number of aromatic nitrogens is 2. The van der Waals surface area contributed by atoms with Crippen molar-refractivity contribution < 1.29 is 9.53 Å². The van der Waals surface area contributed by atoms with Crippen LogP contribution in [0.25, 0.3) is 0 Å². The minimum atomic E-state index is -0.374. The average Bonchev–Trinajstić information content (AvgIpc) is 2.65. The predicted molar refractivity (Wildman–Crippen MR) is 49.7 cm³/mol. The van der Waals surface area contributed by atoms with Crippen molar-refractivity contribution in [3.63, 3.8) is 0 Å². The summed E-state index contributed by atoms with van der Waals surface area (Å²) in [5.74, 6) is -0.238. The van der Waals surface area contributed by atoms with Gasteiger partial charge >= 0.3 is 5.97 Å². The molecule has 0 fully saturated rings. The van der Waals surface area contributed by atoms with Gasteiger partial charge in [-0.15, -0.1) is 0 Å². The van der Waals surface area contributed by atoms with Crippen LogP contribution < -0.4 is 5.32 Å². The smallest absolute Gasteiger partial charge is 0.329 e. The molecule has 0 saturated carbocycles. The molecule has 1 atom stereocenters. The Bertz CT molecular complexity index is 335. The molecule has 0 aliphatic carbocycles. The molecule has 14 heavy (non-hydrogen) atoms. The second kappa shape index (κ2) is 3.79. The van der Waals surface area contributed by atoms with Gasteiger partial charge in [0.15, 0.2) is 0 Å². The molecule has 0 spiro atoms. The number of nitrogens with one attached hydrogen (secondary N) is 2. The van der Waals surface area contributed by atoms with E-state index in [1.807, 2.05) is 0 Å². The molecular weight excluding hydrogens is 182 g/mol. The summed E-state index contributed by atoms with van der Waals surface area (Å²) in [4.78, 5) is 11.5. The first-order chi connectivity index (χ1) is 6.83. The van der Waals surface area contributed by atoms with E-state index >= 15 is 0 Å². The first kappa shape index (κ1) is 9.21. The molecule has 76 valence electrons. The zero-order chi connectivity index (χ0) is 9.97. The Hall–Kier alpha value is -1.36. The van der Waals surface area contributed by atoms with Gasteiger partial charge in [-0.1, -0.05) is 0 Å². The highest BCUT2D eigenvalue weighted by atomic mass is 16.5. The number of hydrogen-bond donors (Lipinski definition) is 2. The Morgan fingerprint density at radius 3 is 3.43 bits per heavy atom. The standard InChI is InChI=1S/C9H13N3O2/c1-2-14-9(13)8-7-6(3-4-10-8)5-11-12-7/h5,8,10H,2-4H2,1H3,(H,11,12). The number of carbonyl (C=O) groups excluding carboxylic acids is 1. The summed E-state index contributed by atoms with van der Waals surface area (Å²) in [5, 5.41) is 9.86. The van der Waals surface area contributed by atoms with E-state index in [0.717, 1.165) is 24.2 Å². The third-order valence-electron chi connectivity index (χ3n) is 2.31. The molecule has 1 aliphatic heterocycles. The molecular formula is C9H13N3O2. The molecule has 2 N–H and O–H groups in total. The Morgan fingerprint density at radius 2 is 2.64 bits per heavy atom. The van der Waals surface area contributed by atoms with E-state index in [1.165, 1.54) is 0 Å². The van der Waals surface area contributed by atoms with Gasteiger partial charge in [-0.3, -0.25) is 10.4 Å². The van der Waals surface area contributed by atoms with Crippen LogP contribution in [0.15, 0.2) is 6.20 Å². The summed E-state index contributed by atoms with van der Waals surface area (Å²) in [6, 6.07) is -0.374. The van der Waals surface area contributed by atoms with Crippen LogP contribution in [0.2, 0.25) is 0 Å². The van der Waals surface area contributed by atoms with Crippen molar-refractivity contribution in [2.75, 3.05) is 13.2 Å². The average molecular weight is 195 g/mol. The highest BCUT2D eigenvalue weighted by Gasteiger charge is 2.28. The Labute approximate surface area is 81.8 Å². The summed E-state index contributed by atoms with van der Waals surface area (Å²) in [7, 11) is 0. The molecule has 0 bridgehead atoms. The SMILES string of the molecule is CCOC(=O)C1NCCc2cn[nH]c21. The predicted octanol–water partition coefficient (Wildman–Crippen LogP) is 0.160. The van der Waals surface area contributed by atoms with E-state index in [9.17, 15) is 4.79 Å². The Morgan fingerprint density at radius 1 is 1.79 bits per heavy atom. The molecule has 5 heteroatoms. The molecule has 0 aromatic carbocycles. The second-order valence-electron chi connectivity index (χ2n) is 3.20. The molecule has 0 saturated heterocycles. The van der Waals surface area contributed by atoms with Crippen molar-refractivity contribution in [1.29, 1.82) is 0 Å². The van der Waals surface area contributed by atoms with Crippen LogP contribution in [0.4, 0.5) is 0 Å². The van der Waals surface area contributed by atoms with Gasteiger partial charge in [-0.25, -0.2) is 4.79 Å². The maximum absolute atomic E-state index is 11.5. The summed E-state index contributed by atoms with van der Waals surface area (Å²) in [5.41, 5.74) is 1.94. The highest BCUT2D eigenvalue weighted by Crippen LogP contribution is 2.20. The van der Waals surface area contributed by atoms with E-state index in [1.54, 1.807) is 13.1 Å². The van der Waals surface area contributed by atoms with Gasteiger partial charge in [0.1, 0.15) is 6.04 Å². The number of aromatic amines is 1. The van der Waals surface area contributed by atoms with Crippen LogP contribution in [-0.2, 0) is 16.0 Å². The van der Waals surface area contributed by atoms with Gasteiger partial charge in [0.25, 0.3) is 0 Å². The number of nitrogens with zero attached hydrogens (tertiary/aromatic N) is 1. The van der Waals surface area contributed by atoms with Crippen LogP contribution in [0.5, 0.6) is 0 Å². The summed E-state index contributed by atoms with van der Waals surface area (Å²) in [6.07, 6.45) is 2.67. The van der Waals surface area contributed by atoms with E-state index in [2.05, 4.69) is 15.5 Å². The Balaban J connectivity index is 2.19. The van der Waals surface area contributed by atoms with Gasteiger partial charge < -0.3 is 4.74 Å². The molecule has 1 unspecified atom stereocenters. The minimum absolute atomic E-state index is 0.238. The van der Waals surface area contributed by atoms with Gasteiger partial charge in [0.05, 0.1) is 18.5 Å². The number of ether oxygens (including phenoxy) is 1. The fourth-order valence-corrected chi connectivity index (χ4v) is 1.65. The lowest BCUT2D eigenvalue weighted by atomic mass is 10.0. The highest BCUT2D eigenvalue weighted by molar-refractivity contribution is 5.77. The van der Waals surface area contributed by atoms with Crippen molar-refractivity contribution in [3.8, 4) is 0 Å². The first-order valence-electron chi connectivity index (χ1n) is 4.75. The Kier molecular flexibility index (Phi) is 2.49. The zero-order valence-electron chi connectivity index (χ0n) is 8.04. The van der Waals surface area contributed by atoms with Crippen LogP contribution in [0, 0.1) is 0 Å². The quantitative estimate of drug-likeness (QED) is 0.660. The number of hydrogen-bond acceptors (Lipinski definition) is 4. The molecule has 0 amide bonds. The topological polar surface area (TPSA) is 67.0 Å². The van der Waals surface area contributed by atoms with Crippen LogP contribution in [0.3, 0.4) is 0 Å². The van der Waals surface area contributed by atoms with Gasteiger partial charge in [0.2, 0.25) is 0 Å². The number of H-pyrrole nitrogens is 1.